The van der Waals surface area contributed by atoms with Crippen LogP contribution in [-0.4, -0.2) is 111 Å². The van der Waals surface area contributed by atoms with Crippen LogP contribution in [0.4, 0.5) is 0 Å². The van der Waals surface area contributed by atoms with E-state index in [-0.39, 0.29) is 37.0 Å². The summed E-state index contributed by atoms with van der Waals surface area (Å²) in [6, 6.07) is 15.1. The number of rotatable bonds is 15. The van der Waals surface area contributed by atoms with Gasteiger partial charge in [0.2, 0.25) is 11.8 Å². The second-order valence-corrected chi connectivity index (χ2v) is 12.1. The lowest BCUT2D eigenvalue weighted by Crippen LogP contribution is -2.52. The summed E-state index contributed by atoms with van der Waals surface area (Å²) >= 11 is 0. The number of nitrogens with one attached hydrogen (secondary N) is 4. The lowest BCUT2D eigenvalue weighted by atomic mass is 9.96. The van der Waals surface area contributed by atoms with Crippen molar-refractivity contribution in [2.75, 3.05) is 78.7 Å². The van der Waals surface area contributed by atoms with Crippen LogP contribution in [0.25, 0.3) is 0 Å². The third-order valence-electron chi connectivity index (χ3n) is 8.64. The number of amides is 2. The van der Waals surface area contributed by atoms with E-state index in [0.717, 1.165) is 70.9 Å². The molecule has 1 saturated heterocycles. The predicted octanol–water partition coefficient (Wildman–Crippen LogP) is 1.65. The number of hydrogen-bond acceptors (Lipinski definition) is 9. The van der Waals surface area contributed by atoms with Crippen molar-refractivity contribution < 1.29 is 19.4 Å². The van der Waals surface area contributed by atoms with Crippen LogP contribution in [0.2, 0.25) is 0 Å². The van der Waals surface area contributed by atoms with Crippen molar-refractivity contribution in [3.8, 4) is 5.75 Å². The van der Waals surface area contributed by atoms with Crippen molar-refractivity contribution >= 4 is 11.8 Å². The minimum absolute atomic E-state index is 0.0436. The van der Waals surface area contributed by atoms with E-state index in [1.54, 1.807) is 17.0 Å². The number of aliphatic hydroxyl groups is 1. The molecule has 3 rings (SSSR count). The smallest absolute Gasteiger partial charge is 0.247 e. The van der Waals surface area contributed by atoms with Crippen molar-refractivity contribution in [3.63, 3.8) is 0 Å². The Labute approximate surface area is 275 Å². The molecule has 1 heterocycles. The molecular weight excluding hydrogens is 582 g/mol. The molecule has 1 aliphatic heterocycles. The second-order valence-electron chi connectivity index (χ2n) is 12.1. The highest BCUT2D eigenvalue weighted by Crippen LogP contribution is 2.27. The molecule has 1 aliphatic rings. The molecule has 2 amide bonds. The molecule has 0 aliphatic carbocycles. The Kier molecular flexibility index (Phi) is 17.0. The number of benzene rings is 2. The van der Waals surface area contributed by atoms with E-state index < -0.39 is 12.1 Å². The standard InChI is InChI=1S/C35H57N7O4/c1-4-27(2)32(36)35(45)42(22-8-21-41-23-19-38-17-15-37-16-18-39-20-24-41)33(30-11-13-31(14-12-30)46-26-25-43)34(44)40-28(3)29-9-6-5-7-10-29/h5-7,9-14,27-28,32-33,37-39,43H,4,8,15-26,36H2,1-3H3,(H,40,44)/t27-,28-,32-,33?/m0/s1. The fourth-order valence-electron chi connectivity index (χ4n) is 5.56. The summed E-state index contributed by atoms with van der Waals surface area (Å²) < 4.78 is 5.58. The minimum atomic E-state index is -0.886. The zero-order chi connectivity index (χ0) is 33.1. The molecule has 0 spiro atoms. The van der Waals surface area contributed by atoms with Crippen molar-refractivity contribution in [3.05, 3.63) is 65.7 Å². The van der Waals surface area contributed by atoms with E-state index in [9.17, 15) is 14.7 Å². The van der Waals surface area contributed by atoms with Crippen LogP contribution in [0.3, 0.4) is 0 Å². The van der Waals surface area contributed by atoms with E-state index in [1.165, 1.54) is 0 Å². The van der Waals surface area contributed by atoms with Crippen molar-refractivity contribution in [1.29, 1.82) is 0 Å². The number of ether oxygens (including phenoxy) is 1. The summed E-state index contributed by atoms with van der Waals surface area (Å²) in [5, 5.41) is 22.8. The van der Waals surface area contributed by atoms with E-state index in [4.69, 9.17) is 10.5 Å². The molecule has 11 nitrogen and oxygen atoms in total. The normalized spacial score (nSPS) is 17.8. The van der Waals surface area contributed by atoms with Gasteiger partial charge < -0.3 is 46.6 Å². The zero-order valence-electron chi connectivity index (χ0n) is 28.0. The number of hydrogen-bond donors (Lipinski definition) is 6. The second kappa shape index (κ2) is 20.9. The Morgan fingerprint density at radius 3 is 2.13 bits per heavy atom. The van der Waals surface area contributed by atoms with Crippen LogP contribution < -0.4 is 31.7 Å². The molecule has 4 atom stereocenters. The SMILES string of the molecule is CC[C@H](C)[C@H](N)C(=O)N(CCCN1CCNCCNCCNCC1)C(C(=O)N[C@@H](C)c1ccccc1)c1ccc(OCCO)cc1. The van der Waals surface area contributed by atoms with E-state index in [0.29, 0.717) is 24.3 Å². The minimum Gasteiger partial charge on any atom is -0.491 e. The highest BCUT2D eigenvalue weighted by atomic mass is 16.5. The van der Waals surface area contributed by atoms with E-state index >= 15 is 0 Å². The lowest BCUT2D eigenvalue weighted by molar-refractivity contribution is -0.143. The molecule has 2 aromatic rings. The van der Waals surface area contributed by atoms with Gasteiger partial charge in [-0.05, 0) is 49.1 Å². The van der Waals surface area contributed by atoms with Crippen LogP contribution in [0.5, 0.6) is 5.75 Å². The maximum absolute atomic E-state index is 14.2. The van der Waals surface area contributed by atoms with Gasteiger partial charge in [0.15, 0.2) is 0 Å². The van der Waals surface area contributed by atoms with Crippen LogP contribution in [-0.2, 0) is 9.59 Å². The number of nitrogens with two attached hydrogens (primary N) is 1. The Morgan fingerprint density at radius 2 is 1.54 bits per heavy atom. The van der Waals surface area contributed by atoms with Crippen LogP contribution in [0.1, 0.15) is 56.8 Å². The summed E-state index contributed by atoms with van der Waals surface area (Å²) in [6.07, 6.45) is 1.44. The third kappa shape index (κ3) is 12.3. The molecule has 0 aromatic heterocycles. The predicted molar refractivity (Wildman–Crippen MR) is 184 cm³/mol. The number of nitrogens with zero attached hydrogens (tertiary/aromatic N) is 2. The first-order valence-electron chi connectivity index (χ1n) is 16.9. The number of carbonyl (C=O) groups excluding carboxylic acids is 2. The van der Waals surface area contributed by atoms with Gasteiger partial charge in [-0.1, -0.05) is 62.7 Å². The Morgan fingerprint density at radius 1 is 0.935 bits per heavy atom. The number of aliphatic hydroxyl groups excluding tert-OH is 1. The molecule has 1 fully saturated rings. The first kappa shape index (κ1) is 37.4. The summed E-state index contributed by atoms with van der Waals surface area (Å²) in [4.78, 5) is 32.5. The molecule has 11 heteroatoms. The van der Waals surface area contributed by atoms with Gasteiger partial charge in [-0.2, -0.15) is 0 Å². The van der Waals surface area contributed by atoms with Gasteiger partial charge in [0.25, 0.3) is 0 Å². The molecule has 0 radical (unpaired) electrons. The first-order chi connectivity index (χ1) is 22.3. The van der Waals surface area contributed by atoms with Crippen molar-refractivity contribution in [2.24, 2.45) is 11.7 Å². The van der Waals surface area contributed by atoms with Gasteiger partial charge >= 0.3 is 0 Å². The third-order valence-corrected chi connectivity index (χ3v) is 8.64. The Bertz CT molecular complexity index is 1130. The highest BCUT2D eigenvalue weighted by Gasteiger charge is 2.35. The summed E-state index contributed by atoms with van der Waals surface area (Å²) in [6.45, 7) is 14.5. The Balaban J connectivity index is 1.88. The fourth-order valence-corrected chi connectivity index (χ4v) is 5.56. The molecule has 1 unspecified atom stereocenters. The van der Waals surface area contributed by atoms with Gasteiger partial charge in [0.1, 0.15) is 18.4 Å². The van der Waals surface area contributed by atoms with Crippen LogP contribution >= 0.6 is 0 Å². The monoisotopic (exact) mass is 639 g/mol. The van der Waals surface area contributed by atoms with Gasteiger partial charge in [-0.25, -0.2) is 0 Å². The summed E-state index contributed by atoms with van der Waals surface area (Å²) in [5.41, 5.74) is 8.22. The van der Waals surface area contributed by atoms with Crippen molar-refractivity contribution in [1.82, 2.24) is 31.1 Å². The molecule has 7 N–H and O–H groups in total. The molecular formula is C35H57N7O4. The highest BCUT2D eigenvalue weighted by molar-refractivity contribution is 5.91. The first-order valence-corrected chi connectivity index (χ1v) is 16.9. The van der Waals surface area contributed by atoms with Crippen molar-refractivity contribution in [2.45, 2.75) is 51.7 Å². The fraction of sp³-hybridized carbons (Fsp3) is 0.600. The maximum atomic E-state index is 14.2. The van der Waals surface area contributed by atoms with E-state index in [1.807, 2.05) is 63.2 Å². The molecule has 46 heavy (non-hydrogen) atoms. The quantitative estimate of drug-likeness (QED) is 0.171. The molecule has 0 saturated carbocycles. The Hall–Kier alpha value is -3.06. The molecule has 0 bridgehead atoms. The van der Waals surface area contributed by atoms with Gasteiger partial charge in [0, 0.05) is 58.9 Å². The zero-order valence-corrected chi connectivity index (χ0v) is 28.0. The maximum Gasteiger partial charge on any atom is 0.247 e. The summed E-state index contributed by atoms with van der Waals surface area (Å²) in [5.74, 6) is 0.0420. The topological polar surface area (TPSA) is 144 Å². The molecule has 2 aromatic carbocycles. The molecule has 256 valence electrons. The van der Waals surface area contributed by atoms with Gasteiger partial charge in [-0.15, -0.1) is 0 Å². The van der Waals surface area contributed by atoms with Crippen LogP contribution in [0.15, 0.2) is 54.6 Å². The average Bonchev–Trinajstić information content (AvgIpc) is 3.07. The van der Waals surface area contributed by atoms with Gasteiger partial charge in [-0.3, -0.25) is 9.59 Å². The summed E-state index contributed by atoms with van der Waals surface area (Å²) in [7, 11) is 0. The largest absolute Gasteiger partial charge is 0.491 e. The van der Waals surface area contributed by atoms with E-state index in [2.05, 4.69) is 26.2 Å². The number of carbonyl (C=O) groups is 2. The van der Waals surface area contributed by atoms with Gasteiger partial charge in [0.05, 0.1) is 18.7 Å². The lowest BCUT2D eigenvalue weighted by Gasteiger charge is -2.35. The average molecular weight is 640 g/mol. The van der Waals surface area contributed by atoms with Crippen LogP contribution in [0, 0.1) is 5.92 Å².